The molecule has 1 atom stereocenters. The van der Waals surface area contributed by atoms with Gasteiger partial charge in [-0.15, -0.1) is 10.2 Å². The third kappa shape index (κ3) is 5.60. The van der Waals surface area contributed by atoms with Crippen LogP contribution in [0.1, 0.15) is 27.8 Å². The van der Waals surface area contributed by atoms with E-state index >= 15 is 0 Å². The first-order valence-corrected chi connectivity index (χ1v) is 11.5. The number of nitrogens with zero attached hydrogens (tertiary/aromatic N) is 4. The fourth-order valence-electron chi connectivity index (χ4n) is 3.44. The van der Waals surface area contributed by atoms with E-state index in [1.54, 1.807) is 42.5 Å². The lowest BCUT2D eigenvalue weighted by Crippen LogP contribution is -2.11. The number of halogens is 1. The monoisotopic (exact) mass is 478 g/mol. The summed E-state index contributed by atoms with van der Waals surface area (Å²) in [4.78, 5) is 11.1. The van der Waals surface area contributed by atoms with Crippen molar-refractivity contribution in [2.75, 3.05) is 6.54 Å². The molecule has 0 N–H and O–H groups in total. The van der Waals surface area contributed by atoms with Crippen LogP contribution in [0.2, 0.25) is 0 Å². The van der Waals surface area contributed by atoms with E-state index in [-0.39, 0.29) is 23.9 Å². The Hall–Kier alpha value is -3.72. The largest absolute Gasteiger partial charge is 0.489 e. The first kappa shape index (κ1) is 23.4. The quantitative estimate of drug-likeness (QED) is 0.174. The van der Waals surface area contributed by atoms with Gasteiger partial charge in [-0.25, -0.2) is 4.39 Å². The van der Waals surface area contributed by atoms with E-state index in [4.69, 9.17) is 4.74 Å². The van der Waals surface area contributed by atoms with Gasteiger partial charge in [-0.05, 0) is 49.7 Å². The van der Waals surface area contributed by atoms with Gasteiger partial charge in [-0.3, -0.25) is 14.7 Å². The molecule has 3 aromatic carbocycles. The molecule has 34 heavy (non-hydrogen) atoms. The van der Waals surface area contributed by atoms with Crippen LogP contribution >= 0.6 is 11.8 Å². The topological polar surface area (TPSA) is 83.1 Å². The lowest BCUT2D eigenvalue weighted by Gasteiger charge is -2.15. The van der Waals surface area contributed by atoms with E-state index in [1.807, 2.05) is 42.7 Å². The minimum Gasteiger partial charge on any atom is -0.489 e. The lowest BCUT2D eigenvalue weighted by atomic mass is 10.1. The first-order chi connectivity index (χ1) is 16.4. The van der Waals surface area contributed by atoms with Crippen molar-refractivity contribution in [3.05, 3.63) is 111 Å². The molecule has 0 spiro atoms. The van der Waals surface area contributed by atoms with Crippen LogP contribution in [0.3, 0.4) is 0 Å². The summed E-state index contributed by atoms with van der Waals surface area (Å²) in [5, 5.41) is 20.0. The third-order valence-corrected chi connectivity index (χ3v) is 6.43. The molecule has 0 aliphatic heterocycles. The highest BCUT2D eigenvalue weighted by Gasteiger charge is 2.24. The van der Waals surface area contributed by atoms with E-state index in [9.17, 15) is 14.5 Å². The van der Waals surface area contributed by atoms with Gasteiger partial charge in [0.15, 0.2) is 5.16 Å². The predicted molar refractivity (Wildman–Crippen MR) is 128 cm³/mol. The van der Waals surface area contributed by atoms with Gasteiger partial charge in [-0.1, -0.05) is 59.8 Å². The number of aryl methyl sites for hydroxylation is 2. The van der Waals surface area contributed by atoms with Gasteiger partial charge in [0.2, 0.25) is 6.54 Å². The van der Waals surface area contributed by atoms with E-state index < -0.39 is 5.25 Å². The lowest BCUT2D eigenvalue weighted by molar-refractivity contribution is -0.479. The van der Waals surface area contributed by atoms with Crippen LogP contribution < -0.4 is 4.74 Å². The number of aromatic nitrogens is 3. The number of rotatable bonds is 9. The summed E-state index contributed by atoms with van der Waals surface area (Å²) in [7, 11) is 0. The summed E-state index contributed by atoms with van der Waals surface area (Å²) >= 11 is 1.29. The van der Waals surface area contributed by atoms with Crippen molar-refractivity contribution in [2.45, 2.75) is 30.9 Å². The van der Waals surface area contributed by atoms with Crippen LogP contribution in [-0.2, 0) is 6.61 Å². The highest BCUT2D eigenvalue weighted by atomic mass is 32.2. The molecule has 0 bridgehead atoms. The predicted octanol–water partition coefficient (Wildman–Crippen LogP) is 5.71. The van der Waals surface area contributed by atoms with Gasteiger partial charge < -0.3 is 4.74 Å². The molecule has 4 rings (SSSR count). The number of benzene rings is 3. The standard InChI is InChI=1S/C25H23FN4O3S/c1-17-7-11-21(12-8-17)30-18(2)27-28-25(30)34-24(15-29(31)32)19-9-13-22(14-10-19)33-16-20-5-3-4-6-23(20)26/h3-14,24H,15-16H2,1-2H3/t24-/m1/s1. The molecule has 174 valence electrons. The Morgan fingerprint density at radius 2 is 1.74 bits per heavy atom. The molecule has 0 aliphatic rings. The zero-order valence-electron chi connectivity index (χ0n) is 18.7. The smallest absolute Gasteiger partial charge is 0.220 e. The Bertz CT molecular complexity index is 1280. The number of nitro groups is 1. The average Bonchev–Trinajstić information content (AvgIpc) is 3.18. The molecule has 1 heterocycles. The summed E-state index contributed by atoms with van der Waals surface area (Å²) in [6.45, 7) is 3.67. The van der Waals surface area contributed by atoms with Crippen molar-refractivity contribution in [2.24, 2.45) is 0 Å². The van der Waals surface area contributed by atoms with Crippen LogP contribution in [0.15, 0.2) is 78.0 Å². The maximum atomic E-state index is 13.8. The Morgan fingerprint density at radius 3 is 2.41 bits per heavy atom. The summed E-state index contributed by atoms with van der Waals surface area (Å²) in [6.07, 6.45) is 0. The van der Waals surface area contributed by atoms with Crippen molar-refractivity contribution in [3.63, 3.8) is 0 Å². The van der Waals surface area contributed by atoms with Crippen LogP contribution in [0.5, 0.6) is 5.75 Å². The fourth-order valence-corrected chi connectivity index (χ4v) is 4.61. The molecule has 0 radical (unpaired) electrons. The maximum absolute atomic E-state index is 13.8. The van der Waals surface area contributed by atoms with E-state index in [1.165, 1.54) is 17.8 Å². The molecule has 0 fully saturated rings. The SMILES string of the molecule is Cc1ccc(-n2c(C)nnc2S[C@H](C[N+](=O)[O-])c2ccc(OCc3ccccc3F)cc2)cc1. The third-order valence-electron chi connectivity index (χ3n) is 5.25. The van der Waals surface area contributed by atoms with Crippen molar-refractivity contribution < 1.29 is 14.1 Å². The molecule has 4 aromatic rings. The fraction of sp³-hybridized carbons (Fsp3) is 0.200. The second-order valence-corrected chi connectivity index (χ2v) is 8.94. The van der Waals surface area contributed by atoms with E-state index in [2.05, 4.69) is 10.2 Å². The van der Waals surface area contributed by atoms with E-state index in [0.717, 1.165) is 16.8 Å². The van der Waals surface area contributed by atoms with Crippen molar-refractivity contribution in [1.29, 1.82) is 0 Å². The Kier molecular flexibility index (Phi) is 7.22. The molecule has 0 aliphatic carbocycles. The summed E-state index contributed by atoms with van der Waals surface area (Å²) < 4.78 is 21.4. The summed E-state index contributed by atoms with van der Waals surface area (Å²) in [5.41, 5.74) is 3.25. The maximum Gasteiger partial charge on any atom is 0.220 e. The van der Waals surface area contributed by atoms with Gasteiger partial charge in [-0.2, -0.15) is 0 Å². The minimum absolute atomic E-state index is 0.0953. The second kappa shape index (κ2) is 10.5. The molecule has 0 saturated carbocycles. The van der Waals surface area contributed by atoms with Crippen LogP contribution in [0.4, 0.5) is 4.39 Å². The van der Waals surface area contributed by atoms with Crippen LogP contribution in [0, 0.1) is 29.8 Å². The normalized spacial score (nSPS) is 11.9. The highest BCUT2D eigenvalue weighted by Crippen LogP contribution is 2.36. The Balaban J connectivity index is 1.53. The molecular formula is C25H23FN4O3S. The Labute approximate surface area is 200 Å². The molecule has 0 amide bonds. The number of ether oxygens (including phenoxy) is 1. The zero-order valence-corrected chi connectivity index (χ0v) is 19.5. The average molecular weight is 479 g/mol. The second-order valence-electron chi connectivity index (χ2n) is 7.77. The molecule has 9 heteroatoms. The zero-order chi connectivity index (χ0) is 24.1. The summed E-state index contributed by atoms with van der Waals surface area (Å²) in [6, 6.07) is 21.4. The first-order valence-electron chi connectivity index (χ1n) is 10.6. The minimum atomic E-state index is -0.483. The van der Waals surface area contributed by atoms with Gasteiger partial charge in [0.25, 0.3) is 0 Å². The van der Waals surface area contributed by atoms with Gasteiger partial charge >= 0.3 is 0 Å². The highest BCUT2D eigenvalue weighted by molar-refractivity contribution is 7.99. The Morgan fingerprint density at radius 1 is 1.03 bits per heavy atom. The van der Waals surface area contributed by atoms with Crippen molar-refractivity contribution in [3.8, 4) is 11.4 Å². The van der Waals surface area contributed by atoms with Gasteiger partial charge in [0, 0.05) is 16.2 Å². The molecular weight excluding hydrogens is 455 g/mol. The molecule has 0 saturated heterocycles. The summed E-state index contributed by atoms with van der Waals surface area (Å²) in [5.74, 6) is 0.924. The van der Waals surface area contributed by atoms with Crippen molar-refractivity contribution in [1.82, 2.24) is 14.8 Å². The van der Waals surface area contributed by atoms with E-state index in [0.29, 0.717) is 22.3 Å². The van der Waals surface area contributed by atoms with Crippen molar-refractivity contribution >= 4 is 11.8 Å². The molecule has 0 unspecified atom stereocenters. The van der Waals surface area contributed by atoms with Crippen LogP contribution in [0.25, 0.3) is 5.69 Å². The van der Waals surface area contributed by atoms with Gasteiger partial charge in [0.05, 0.1) is 0 Å². The van der Waals surface area contributed by atoms with Gasteiger partial charge in [0.1, 0.15) is 29.2 Å². The number of hydrogen-bond donors (Lipinski definition) is 0. The molecule has 7 nitrogen and oxygen atoms in total. The molecule has 1 aromatic heterocycles. The number of thioether (sulfide) groups is 1. The van der Waals surface area contributed by atoms with Crippen LogP contribution in [-0.4, -0.2) is 26.2 Å². The number of hydrogen-bond acceptors (Lipinski definition) is 6.